The lowest BCUT2D eigenvalue weighted by molar-refractivity contribution is 0.102. The Morgan fingerprint density at radius 3 is 2.34 bits per heavy atom. The fourth-order valence-corrected chi connectivity index (χ4v) is 4.95. The number of sulfonamides is 1. The van der Waals surface area contributed by atoms with Gasteiger partial charge in [-0.2, -0.15) is 0 Å². The number of hydrogen-bond donors (Lipinski definition) is 2. The fraction of sp³-hybridized carbons (Fsp3) is 0.250. The van der Waals surface area contributed by atoms with Gasteiger partial charge in [-0.15, -0.1) is 10.2 Å². The Morgan fingerprint density at radius 2 is 1.66 bits per heavy atom. The third-order valence-electron chi connectivity index (χ3n) is 4.40. The monoisotopic (exact) mass is 430 g/mol. The van der Waals surface area contributed by atoms with Gasteiger partial charge in [0, 0.05) is 11.6 Å². The van der Waals surface area contributed by atoms with E-state index in [0.717, 1.165) is 33.6 Å². The molecule has 0 aliphatic rings. The highest BCUT2D eigenvalue weighted by atomic mass is 32.2. The number of amides is 1. The summed E-state index contributed by atoms with van der Waals surface area (Å²) in [5, 5.41) is 10.2. The van der Waals surface area contributed by atoms with E-state index in [1.165, 1.54) is 0 Å². The number of rotatable bonds is 6. The normalized spacial score (nSPS) is 12.6. The van der Waals surface area contributed by atoms with Crippen LogP contribution in [0.3, 0.4) is 0 Å². The summed E-state index contributed by atoms with van der Waals surface area (Å²) in [5.74, 6) is -0.373. The molecule has 0 saturated heterocycles. The van der Waals surface area contributed by atoms with Crippen LogP contribution in [0.2, 0.25) is 0 Å². The highest BCUT2D eigenvalue weighted by molar-refractivity contribution is 7.91. The van der Waals surface area contributed by atoms with Gasteiger partial charge >= 0.3 is 0 Å². The van der Waals surface area contributed by atoms with Gasteiger partial charge in [-0.05, 0) is 51.0 Å². The smallest absolute Gasteiger partial charge is 0.270 e. The van der Waals surface area contributed by atoms with E-state index in [4.69, 9.17) is 0 Å². The fourth-order valence-electron chi connectivity index (χ4n) is 2.82. The zero-order valence-corrected chi connectivity index (χ0v) is 18.2. The Kier molecular flexibility index (Phi) is 6.11. The number of nitrogens with one attached hydrogen (secondary N) is 2. The second-order valence-electron chi connectivity index (χ2n) is 6.90. The molecule has 9 heteroatoms. The molecule has 1 aromatic heterocycles. The molecular formula is C20H22N4O3S2. The van der Waals surface area contributed by atoms with E-state index in [9.17, 15) is 13.2 Å². The van der Waals surface area contributed by atoms with Gasteiger partial charge in [0.1, 0.15) is 0 Å². The predicted octanol–water partition coefficient (Wildman–Crippen LogP) is 3.76. The Hall–Kier alpha value is -2.62. The minimum Gasteiger partial charge on any atom is -0.296 e. The van der Waals surface area contributed by atoms with Crippen LogP contribution in [-0.2, 0) is 10.0 Å². The van der Waals surface area contributed by atoms with Gasteiger partial charge in [0.15, 0.2) is 0 Å². The number of nitrogens with zero attached hydrogens (tertiary/aromatic N) is 2. The molecule has 0 radical (unpaired) electrons. The summed E-state index contributed by atoms with van der Waals surface area (Å²) in [6.07, 6.45) is 0. The maximum Gasteiger partial charge on any atom is 0.270 e. The van der Waals surface area contributed by atoms with Crippen LogP contribution in [0.15, 0.2) is 46.8 Å². The third-order valence-corrected chi connectivity index (χ3v) is 7.15. The predicted molar refractivity (Wildman–Crippen MR) is 114 cm³/mol. The van der Waals surface area contributed by atoms with Crippen molar-refractivity contribution < 1.29 is 13.2 Å². The first-order valence-corrected chi connectivity index (χ1v) is 11.3. The molecule has 7 nitrogen and oxygen atoms in total. The van der Waals surface area contributed by atoms with Crippen LogP contribution in [0.25, 0.3) is 0 Å². The summed E-state index contributed by atoms with van der Waals surface area (Å²) < 4.78 is 27.8. The van der Waals surface area contributed by atoms with Crippen LogP contribution in [0.4, 0.5) is 5.13 Å². The van der Waals surface area contributed by atoms with Gasteiger partial charge in [0.05, 0.1) is 0 Å². The molecule has 0 aliphatic carbocycles. The van der Waals surface area contributed by atoms with Crippen molar-refractivity contribution >= 4 is 32.4 Å². The van der Waals surface area contributed by atoms with Gasteiger partial charge in [-0.1, -0.05) is 52.8 Å². The van der Waals surface area contributed by atoms with Crippen LogP contribution in [0.5, 0.6) is 0 Å². The molecule has 1 atom stereocenters. The lowest BCUT2D eigenvalue weighted by Gasteiger charge is -2.16. The average molecular weight is 431 g/mol. The largest absolute Gasteiger partial charge is 0.296 e. The summed E-state index contributed by atoms with van der Waals surface area (Å²) in [5.41, 5.74) is 4.43. The number of benzene rings is 2. The second kappa shape index (κ2) is 8.40. The van der Waals surface area contributed by atoms with Crippen molar-refractivity contribution in [2.45, 2.75) is 38.1 Å². The lowest BCUT2D eigenvalue weighted by Crippen LogP contribution is -2.27. The summed E-state index contributed by atoms with van der Waals surface area (Å²) in [4.78, 5) is 12.3. The molecule has 0 bridgehead atoms. The molecule has 29 heavy (non-hydrogen) atoms. The standard InChI is InChI=1S/C20H22N4O3S2/c1-12-6-9-16(10-7-12)18(25)21-19-22-23-20(28-19)29(26,27)24-15(4)17-11-13(2)5-8-14(17)3/h5-11,15,24H,1-4H3,(H,21,22,25)/t15-/m1/s1. The summed E-state index contributed by atoms with van der Waals surface area (Å²) >= 11 is 0.806. The van der Waals surface area contributed by atoms with E-state index in [2.05, 4.69) is 20.2 Å². The number of aromatic nitrogens is 2. The van der Waals surface area contributed by atoms with E-state index in [-0.39, 0.29) is 15.4 Å². The Morgan fingerprint density at radius 1 is 1.00 bits per heavy atom. The van der Waals surface area contributed by atoms with Crippen LogP contribution >= 0.6 is 11.3 Å². The maximum absolute atomic E-state index is 12.7. The molecule has 1 heterocycles. The summed E-state index contributed by atoms with van der Waals surface area (Å²) in [7, 11) is -3.88. The molecule has 3 rings (SSSR count). The van der Waals surface area contributed by atoms with E-state index in [1.807, 2.05) is 51.1 Å². The van der Waals surface area contributed by atoms with Crippen LogP contribution in [0.1, 0.15) is 45.6 Å². The maximum atomic E-state index is 12.7. The zero-order valence-electron chi connectivity index (χ0n) is 16.6. The van der Waals surface area contributed by atoms with Crippen molar-refractivity contribution in [2.24, 2.45) is 0 Å². The van der Waals surface area contributed by atoms with Crippen molar-refractivity contribution in [1.82, 2.24) is 14.9 Å². The topological polar surface area (TPSA) is 101 Å². The first-order chi connectivity index (χ1) is 13.7. The summed E-state index contributed by atoms with van der Waals surface area (Å²) in [6.45, 7) is 7.59. The van der Waals surface area contributed by atoms with E-state index >= 15 is 0 Å². The molecule has 0 spiro atoms. The minimum atomic E-state index is -3.88. The van der Waals surface area contributed by atoms with Crippen molar-refractivity contribution in [1.29, 1.82) is 0 Å². The van der Waals surface area contributed by atoms with Gasteiger partial charge in [-0.25, -0.2) is 13.1 Å². The van der Waals surface area contributed by atoms with Gasteiger partial charge in [-0.3, -0.25) is 10.1 Å². The van der Waals surface area contributed by atoms with Crippen molar-refractivity contribution in [2.75, 3.05) is 5.32 Å². The number of carbonyl (C=O) groups excluding carboxylic acids is 1. The van der Waals surface area contributed by atoms with Crippen LogP contribution in [0, 0.1) is 20.8 Å². The van der Waals surface area contributed by atoms with Crippen molar-refractivity contribution in [3.8, 4) is 0 Å². The number of carbonyl (C=O) groups is 1. The van der Waals surface area contributed by atoms with Gasteiger partial charge < -0.3 is 0 Å². The van der Waals surface area contributed by atoms with E-state index < -0.39 is 16.1 Å². The first-order valence-electron chi connectivity index (χ1n) is 8.97. The number of aryl methyl sites for hydroxylation is 3. The number of hydrogen-bond acceptors (Lipinski definition) is 6. The van der Waals surface area contributed by atoms with E-state index in [1.54, 1.807) is 19.1 Å². The van der Waals surface area contributed by atoms with Crippen molar-refractivity contribution in [3.63, 3.8) is 0 Å². The molecule has 2 aromatic carbocycles. The SMILES string of the molecule is Cc1ccc(C(=O)Nc2nnc(S(=O)(=O)N[C@H](C)c3cc(C)ccc3C)s2)cc1. The lowest BCUT2D eigenvalue weighted by atomic mass is 10.0. The molecule has 0 aliphatic heterocycles. The Labute approximate surface area is 174 Å². The third kappa shape index (κ3) is 5.06. The molecule has 1 amide bonds. The number of anilines is 1. The van der Waals surface area contributed by atoms with Gasteiger partial charge in [0.2, 0.25) is 9.47 Å². The molecule has 0 unspecified atom stereocenters. The highest BCUT2D eigenvalue weighted by Crippen LogP contribution is 2.24. The average Bonchev–Trinajstić information content (AvgIpc) is 3.13. The second-order valence-corrected chi connectivity index (χ2v) is 9.76. The van der Waals surface area contributed by atoms with Gasteiger partial charge in [0.25, 0.3) is 15.9 Å². The zero-order chi connectivity index (χ0) is 21.2. The molecule has 152 valence electrons. The molecule has 2 N–H and O–H groups in total. The van der Waals surface area contributed by atoms with Crippen molar-refractivity contribution in [3.05, 3.63) is 70.3 Å². The quantitative estimate of drug-likeness (QED) is 0.580. The van der Waals surface area contributed by atoms with E-state index in [0.29, 0.717) is 5.56 Å². The molecule has 0 fully saturated rings. The highest BCUT2D eigenvalue weighted by Gasteiger charge is 2.24. The molecular weight excluding hydrogens is 408 g/mol. The van der Waals surface area contributed by atoms with Crippen LogP contribution in [-0.4, -0.2) is 24.5 Å². The molecule has 3 aromatic rings. The first kappa shape index (κ1) is 21.1. The Bertz CT molecular complexity index is 1140. The Balaban J connectivity index is 1.73. The van der Waals surface area contributed by atoms with Crippen LogP contribution < -0.4 is 10.0 Å². The minimum absolute atomic E-state index is 0.121. The molecule has 0 saturated carbocycles. The summed E-state index contributed by atoms with van der Waals surface area (Å²) in [6, 6.07) is 12.5.